The monoisotopic (exact) mass is 378 g/mol. The van der Waals surface area contributed by atoms with Crippen molar-refractivity contribution in [3.8, 4) is 5.75 Å². The minimum Gasteiger partial charge on any atom is -0.506 e. The van der Waals surface area contributed by atoms with E-state index in [1.165, 1.54) is 18.5 Å². The Morgan fingerprint density at radius 3 is 2.82 bits per heavy atom. The number of hydrogen-bond acceptors (Lipinski definition) is 6. The van der Waals surface area contributed by atoms with E-state index in [9.17, 15) is 9.50 Å². The van der Waals surface area contributed by atoms with Crippen molar-refractivity contribution >= 4 is 28.5 Å². The molecule has 0 aliphatic rings. The van der Waals surface area contributed by atoms with E-state index in [2.05, 4.69) is 10.3 Å². The highest BCUT2D eigenvalue weighted by atomic mass is 19.1. The summed E-state index contributed by atoms with van der Waals surface area (Å²) in [4.78, 5) is 4.12. The van der Waals surface area contributed by atoms with Gasteiger partial charge in [0.2, 0.25) is 0 Å². The van der Waals surface area contributed by atoms with Gasteiger partial charge in [-0.25, -0.2) is 4.39 Å². The normalized spacial score (nSPS) is 11.4. The van der Waals surface area contributed by atoms with Gasteiger partial charge in [-0.05, 0) is 29.8 Å². The lowest BCUT2D eigenvalue weighted by atomic mass is 10.1. The Kier molecular flexibility index (Phi) is 5.30. The highest BCUT2D eigenvalue weighted by molar-refractivity contribution is 6.08. The van der Waals surface area contributed by atoms with Gasteiger partial charge in [0.05, 0.1) is 11.7 Å². The van der Waals surface area contributed by atoms with Crippen LogP contribution >= 0.6 is 0 Å². The summed E-state index contributed by atoms with van der Waals surface area (Å²) in [5.74, 6) is -0.724. The standard InChI is InChI=1S/C20H19FN6O/c1-25-9-15(8-22)14-7-17(21)20(24)27(11-14)19(23)5-12-2-3-18-13(4-12)6-16(28)10-26-18/h2-4,6-11,22-25,28H,5H2,1H3/b15-9+,22-8?,23-19?,24-20?. The molecule has 1 aromatic carbocycles. The van der Waals surface area contributed by atoms with Gasteiger partial charge >= 0.3 is 0 Å². The van der Waals surface area contributed by atoms with Crippen molar-refractivity contribution in [2.24, 2.45) is 0 Å². The molecule has 0 amide bonds. The fourth-order valence-electron chi connectivity index (χ4n) is 2.85. The number of allylic oxidation sites excluding steroid dienone is 1. The van der Waals surface area contributed by atoms with Gasteiger partial charge in [0.25, 0.3) is 0 Å². The summed E-state index contributed by atoms with van der Waals surface area (Å²) in [6.07, 6.45) is 5.60. The second-order valence-electron chi connectivity index (χ2n) is 6.17. The van der Waals surface area contributed by atoms with Crippen LogP contribution in [-0.4, -0.2) is 33.8 Å². The van der Waals surface area contributed by atoms with Crippen LogP contribution in [0.15, 0.2) is 48.9 Å². The van der Waals surface area contributed by atoms with E-state index in [1.54, 1.807) is 37.5 Å². The molecule has 3 aromatic rings. The molecule has 28 heavy (non-hydrogen) atoms. The third-order valence-corrected chi connectivity index (χ3v) is 4.20. The molecule has 0 spiro atoms. The highest BCUT2D eigenvalue weighted by Crippen LogP contribution is 2.19. The minimum atomic E-state index is -0.779. The number of aromatic hydroxyl groups is 1. The van der Waals surface area contributed by atoms with E-state index >= 15 is 0 Å². The number of fused-ring (bicyclic) bond motifs is 1. The zero-order valence-corrected chi connectivity index (χ0v) is 15.1. The van der Waals surface area contributed by atoms with Crippen LogP contribution in [0.4, 0.5) is 4.39 Å². The van der Waals surface area contributed by atoms with E-state index in [0.717, 1.165) is 21.7 Å². The molecule has 0 radical (unpaired) electrons. The Balaban J connectivity index is 1.98. The first-order valence-corrected chi connectivity index (χ1v) is 8.43. The van der Waals surface area contributed by atoms with Crippen LogP contribution in [-0.2, 0) is 6.42 Å². The van der Waals surface area contributed by atoms with Gasteiger partial charge in [0.15, 0.2) is 11.3 Å². The molecule has 0 aliphatic heterocycles. The Morgan fingerprint density at radius 2 is 2.11 bits per heavy atom. The molecule has 2 heterocycles. The number of aromatic nitrogens is 2. The maximum absolute atomic E-state index is 14.3. The van der Waals surface area contributed by atoms with Crippen LogP contribution in [0.3, 0.4) is 0 Å². The van der Waals surface area contributed by atoms with Gasteiger partial charge in [-0.1, -0.05) is 6.07 Å². The average molecular weight is 378 g/mol. The smallest absolute Gasteiger partial charge is 0.167 e. The summed E-state index contributed by atoms with van der Waals surface area (Å²) in [6, 6.07) is 8.13. The molecule has 0 saturated heterocycles. The molecule has 0 fully saturated rings. The fourth-order valence-corrected chi connectivity index (χ4v) is 2.85. The lowest BCUT2D eigenvalue weighted by Crippen LogP contribution is -2.30. The highest BCUT2D eigenvalue weighted by Gasteiger charge is 2.11. The van der Waals surface area contributed by atoms with Gasteiger partial charge in [-0.3, -0.25) is 20.4 Å². The van der Waals surface area contributed by atoms with Gasteiger partial charge in [-0.2, -0.15) is 0 Å². The fraction of sp³-hybridized carbons (Fsp3) is 0.100. The minimum absolute atomic E-state index is 0.00648. The molecular weight excluding hydrogens is 359 g/mol. The molecule has 5 N–H and O–H groups in total. The van der Waals surface area contributed by atoms with E-state index in [1.807, 2.05) is 0 Å². The van der Waals surface area contributed by atoms with Gasteiger partial charge in [0, 0.05) is 48.6 Å². The Morgan fingerprint density at radius 1 is 1.32 bits per heavy atom. The number of pyridine rings is 2. The van der Waals surface area contributed by atoms with Crippen molar-refractivity contribution in [1.29, 1.82) is 16.2 Å². The molecule has 0 saturated carbocycles. The predicted molar refractivity (Wildman–Crippen MR) is 106 cm³/mol. The van der Waals surface area contributed by atoms with Crippen molar-refractivity contribution in [1.82, 2.24) is 14.9 Å². The molecule has 142 valence electrons. The van der Waals surface area contributed by atoms with Crippen LogP contribution in [0.5, 0.6) is 5.75 Å². The van der Waals surface area contributed by atoms with Crippen molar-refractivity contribution < 1.29 is 9.50 Å². The maximum Gasteiger partial charge on any atom is 0.167 e. The molecule has 0 atom stereocenters. The van der Waals surface area contributed by atoms with Gasteiger partial charge in [0.1, 0.15) is 11.6 Å². The zero-order chi connectivity index (χ0) is 20.3. The number of benzene rings is 1. The summed E-state index contributed by atoms with van der Waals surface area (Å²) in [7, 11) is 1.67. The SMILES string of the molecule is CN/C=C(\C=N)c1cc(F)c(=N)n(C(=N)Cc2ccc3ncc(O)cc3c2)c1. The first-order chi connectivity index (χ1) is 13.4. The number of halogens is 1. The number of hydrogen-bond donors (Lipinski definition) is 5. The topological polar surface area (TPSA) is 122 Å². The van der Waals surface area contributed by atoms with Crippen LogP contribution in [0, 0.1) is 22.0 Å². The van der Waals surface area contributed by atoms with Gasteiger partial charge in [-0.15, -0.1) is 0 Å². The number of rotatable bonds is 5. The summed E-state index contributed by atoms with van der Waals surface area (Å²) in [6.45, 7) is 0. The van der Waals surface area contributed by atoms with E-state index in [-0.39, 0.29) is 18.0 Å². The summed E-state index contributed by atoms with van der Waals surface area (Å²) in [5.41, 5.74) is 1.86. The quantitative estimate of drug-likeness (QED) is 0.346. The third-order valence-electron chi connectivity index (χ3n) is 4.20. The average Bonchev–Trinajstić information content (AvgIpc) is 2.67. The molecule has 8 heteroatoms. The number of nitrogens with one attached hydrogen (secondary N) is 4. The summed E-state index contributed by atoms with van der Waals surface area (Å²) < 4.78 is 15.4. The van der Waals surface area contributed by atoms with E-state index in [0.29, 0.717) is 16.7 Å². The number of nitrogens with zero attached hydrogens (tertiary/aromatic N) is 2. The van der Waals surface area contributed by atoms with E-state index < -0.39 is 11.3 Å². The lowest BCUT2D eigenvalue weighted by Gasteiger charge is -2.13. The second-order valence-corrected chi connectivity index (χ2v) is 6.17. The Bertz CT molecular complexity index is 1170. The molecule has 0 unspecified atom stereocenters. The van der Waals surface area contributed by atoms with E-state index in [4.69, 9.17) is 16.2 Å². The van der Waals surface area contributed by atoms with Crippen molar-refractivity contribution in [2.45, 2.75) is 6.42 Å². The van der Waals surface area contributed by atoms with Crippen LogP contribution in [0.25, 0.3) is 16.5 Å². The molecule has 7 nitrogen and oxygen atoms in total. The molecule has 0 aliphatic carbocycles. The van der Waals surface area contributed by atoms with Crippen molar-refractivity contribution in [3.05, 3.63) is 71.4 Å². The summed E-state index contributed by atoms with van der Waals surface area (Å²) in [5, 5.41) is 36.9. The molecule has 2 aromatic heterocycles. The zero-order valence-electron chi connectivity index (χ0n) is 15.1. The van der Waals surface area contributed by atoms with Crippen molar-refractivity contribution in [2.75, 3.05) is 7.05 Å². The Labute approximate surface area is 160 Å². The van der Waals surface area contributed by atoms with Gasteiger partial charge < -0.3 is 15.8 Å². The van der Waals surface area contributed by atoms with Crippen LogP contribution < -0.4 is 10.8 Å². The largest absolute Gasteiger partial charge is 0.506 e. The first kappa shape index (κ1) is 19.0. The molecule has 3 rings (SSSR count). The van der Waals surface area contributed by atoms with Crippen LogP contribution in [0.1, 0.15) is 11.1 Å². The first-order valence-electron chi connectivity index (χ1n) is 8.43. The van der Waals surface area contributed by atoms with Crippen molar-refractivity contribution in [3.63, 3.8) is 0 Å². The van der Waals surface area contributed by atoms with Crippen LogP contribution in [0.2, 0.25) is 0 Å². The molecule has 0 bridgehead atoms. The maximum atomic E-state index is 14.3. The summed E-state index contributed by atoms with van der Waals surface area (Å²) >= 11 is 0. The molecular formula is C20H19FN6O. The predicted octanol–water partition coefficient (Wildman–Crippen LogP) is 2.64. The second kappa shape index (κ2) is 7.83. The Hall–Kier alpha value is -3.81. The third kappa shape index (κ3) is 3.80. The lowest BCUT2D eigenvalue weighted by molar-refractivity contribution is 0.474.